The van der Waals surface area contributed by atoms with E-state index in [9.17, 15) is 17.6 Å². The number of halogens is 4. The van der Waals surface area contributed by atoms with Crippen LogP contribution in [0.1, 0.15) is 0 Å². The molecular weight excluding hydrogens is 200 g/mol. The molecular formula is C8H6F4N2. The molecule has 0 radical (unpaired) electrons. The van der Waals surface area contributed by atoms with Gasteiger partial charge in [0.05, 0.1) is 5.69 Å². The lowest BCUT2D eigenvalue weighted by atomic mass is 10.3. The number of alkyl halides is 3. The second-order valence-electron chi connectivity index (χ2n) is 2.42. The Morgan fingerprint density at radius 2 is 1.71 bits per heavy atom. The number of nitrogens with zero attached hydrogens (tertiary/aromatic N) is 1. The highest BCUT2D eigenvalue weighted by Gasteiger charge is 2.23. The lowest BCUT2D eigenvalue weighted by Crippen LogP contribution is -2.09. The molecule has 0 fully saturated rings. The van der Waals surface area contributed by atoms with Gasteiger partial charge in [0.1, 0.15) is 12.0 Å². The topological polar surface area (TPSA) is 24.4 Å². The molecule has 0 aromatic heterocycles. The van der Waals surface area contributed by atoms with Gasteiger partial charge >= 0.3 is 6.18 Å². The van der Waals surface area contributed by atoms with Crippen molar-refractivity contribution < 1.29 is 17.6 Å². The van der Waals surface area contributed by atoms with E-state index in [-0.39, 0.29) is 11.9 Å². The second-order valence-corrected chi connectivity index (χ2v) is 2.42. The summed E-state index contributed by atoms with van der Waals surface area (Å²) >= 11 is 0. The first-order chi connectivity index (χ1) is 6.47. The van der Waals surface area contributed by atoms with Crippen LogP contribution < -0.4 is 5.43 Å². The normalized spacial score (nSPS) is 12.0. The summed E-state index contributed by atoms with van der Waals surface area (Å²) in [5.41, 5.74) is 2.40. The van der Waals surface area contributed by atoms with Crippen molar-refractivity contribution >= 4 is 11.9 Å². The fourth-order valence-electron chi connectivity index (χ4n) is 0.704. The Hall–Kier alpha value is -1.59. The van der Waals surface area contributed by atoms with Crippen molar-refractivity contribution in [2.75, 3.05) is 5.43 Å². The molecule has 14 heavy (non-hydrogen) atoms. The van der Waals surface area contributed by atoms with Gasteiger partial charge in [-0.25, -0.2) is 4.39 Å². The van der Waals surface area contributed by atoms with E-state index >= 15 is 0 Å². The average Bonchev–Trinajstić information content (AvgIpc) is 2.06. The van der Waals surface area contributed by atoms with Crippen molar-refractivity contribution in [2.45, 2.75) is 6.18 Å². The van der Waals surface area contributed by atoms with E-state index in [4.69, 9.17) is 0 Å². The highest BCUT2D eigenvalue weighted by molar-refractivity contribution is 5.65. The maximum absolute atomic E-state index is 12.4. The number of hydrazone groups is 1. The number of nitrogens with one attached hydrogen (secondary N) is 1. The van der Waals surface area contributed by atoms with Gasteiger partial charge in [0.25, 0.3) is 0 Å². The SMILES string of the molecule is Fc1ccc(NN=CC(F)(F)F)cc1. The molecule has 0 amide bonds. The summed E-state index contributed by atoms with van der Waals surface area (Å²) in [7, 11) is 0. The molecule has 0 aliphatic carbocycles. The predicted octanol–water partition coefficient (Wildman–Crippen LogP) is 2.79. The molecule has 0 aliphatic heterocycles. The Kier molecular flexibility index (Phi) is 3.06. The van der Waals surface area contributed by atoms with Crippen LogP contribution in [0.2, 0.25) is 0 Å². The first kappa shape index (κ1) is 10.5. The van der Waals surface area contributed by atoms with Crippen LogP contribution in [0.25, 0.3) is 0 Å². The molecule has 0 saturated carbocycles. The van der Waals surface area contributed by atoms with Gasteiger partial charge in [-0.15, -0.1) is 0 Å². The van der Waals surface area contributed by atoms with Crippen molar-refractivity contribution in [2.24, 2.45) is 5.10 Å². The van der Waals surface area contributed by atoms with Crippen LogP contribution in [0.3, 0.4) is 0 Å². The van der Waals surface area contributed by atoms with Crippen molar-refractivity contribution in [3.05, 3.63) is 30.1 Å². The standard InChI is InChI=1S/C8H6F4N2/c9-6-1-3-7(4-2-6)14-13-5-8(10,11)12/h1-5,14H. The van der Waals surface area contributed by atoms with Crippen LogP contribution in [-0.4, -0.2) is 12.4 Å². The Balaban J connectivity index is 2.54. The molecule has 2 nitrogen and oxygen atoms in total. The number of rotatable bonds is 2. The minimum Gasteiger partial charge on any atom is -0.279 e. The van der Waals surface area contributed by atoms with E-state index in [0.29, 0.717) is 0 Å². The van der Waals surface area contributed by atoms with E-state index in [0.717, 1.165) is 12.1 Å². The quantitative estimate of drug-likeness (QED) is 0.449. The number of anilines is 1. The van der Waals surface area contributed by atoms with E-state index in [1.54, 1.807) is 0 Å². The number of hydrogen-bond donors (Lipinski definition) is 1. The molecule has 1 aromatic carbocycles. The largest absolute Gasteiger partial charge is 0.428 e. The molecule has 0 bridgehead atoms. The van der Waals surface area contributed by atoms with E-state index in [1.165, 1.54) is 12.1 Å². The third kappa shape index (κ3) is 3.88. The first-order valence-corrected chi connectivity index (χ1v) is 3.60. The molecule has 0 unspecified atom stereocenters. The van der Waals surface area contributed by atoms with Crippen molar-refractivity contribution in [1.82, 2.24) is 0 Å². The molecule has 0 saturated heterocycles. The molecule has 0 spiro atoms. The lowest BCUT2D eigenvalue weighted by Gasteiger charge is -2.00. The fraction of sp³-hybridized carbons (Fsp3) is 0.125. The summed E-state index contributed by atoms with van der Waals surface area (Å²) in [6.07, 6.45) is -4.64. The van der Waals surface area contributed by atoms with Gasteiger partial charge in [-0.3, -0.25) is 5.43 Å². The zero-order valence-corrected chi connectivity index (χ0v) is 6.85. The minimum absolute atomic E-state index is 0.184. The molecule has 0 atom stereocenters. The monoisotopic (exact) mass is 206 g/mol. The molecule has 1 rings (SSSR count). The van der Waals surface area contributed by atoms with E-state index < -0.39 is 12.0 Å². The maximum atomic E-state index is 12.4. The second kappa shape index (κ2) is 4.08. The van der Waals surface area contributed by atoms with Crippen molar-refractivity contribution in [1.29, 1.82) is 0 Å². The zero-order valence-electron chi connectivity index (χ0n) is 6.85. The van der Waals surface area contributed by atoms with Gasteiger partial charge in [-0.2, -0.15) is 18.3 Å². The van der Waals surface area contributed by atoms with Crippen LogP contribution in [0, 0.1) is 5.82 Å². The maximum Gasteiger partial charge on any atom is 0.428 e. The Morgan fingerprint density at radius 3 is 2.21 bits per heavy atom. The van der Waals surface area contributed by atoms with Crippen LogP contribution in [0.4, 0.5) is 23.2 Å². The molecule has 6 heteroatoms. The summed E-state index contributed by atoms with van der Waals surface area (Å²) in [6, 6.07) is 4.79. The van der Waals surface area contributed by atoms with Gasteiger partial charge in [-0.1, -0.05) is 0 Å². The summed E-state index contributed by atoms with van der Waals surface area (Å²) in [5, 5.41) is 2.92. The molecule has 76 valence electrons. The Morgan fingerprint density at radius 1 is 1.14 bits per heavy atom. The van der Waals surface area contributed by atoms with Crippen LogP contribution >= 0.6 is 0 Å². The summed E-state index contributed by atoms with van der Waals surface area (Å²) in [6.45, 7) is 0. The zero-order chi connectivity index (χ0) is 10.6. The molecule has 0 aliphatic rings. The molecule has 1 aromatic rings. The van der Waals surface area contributed by atoms with Gasteiger partial charge in [0, 0.05) is 0 Å². The van der Waals surface area contributed by atoms with Crippen LogP contribution in [-0.2, 0) is 0 Å². The van der Waals surface area contributed by atoms with Crippen LogP contribution in [0.5, 0.6) is 0 Å². The van der Waals surface area contributed by atoms with Gasteiger partial charge in [0.15, 0.2) is 0 Å². The summed E-state index contributed by atoms with van der Waals surface area (Å²) in [4.78, 5) is 0. The van der Waals surface area contributed by atoms with E-state index in [2.05, 4.69) is 10.5 Å². The number of benzene rings is 1. The van der Waals surface area contributed by atoms with E-state index in [1.807, 2.05) is 0 Å². The predicted molar refractivity (Wildman–Crippen MR) is 44.6 cm³/mol. The first-order valence-electron chi connectivity index (χ1n) is 3.60. The third-order valence-corrected chi connectivity index (χ3v) is 1.25. The smallest absolute Gasteiger partial charge is 0.279 e. The highest BCUT2D eigenvalue weighted by Crippen LogP contribution is 2.12. The molecule has 0 heterocycles. The van der Waals surface area contributed by atoms with Crippen molar-refractivity contribution in [3.8, 4) is 0 Å². The third-order valence-electron chi connectivity index (χ3n) is 1.25. The van der Waals surface area contributed by atoms with Crippen molar-refractivity contribution in [3.63, 3.8) is 0 Å². The average molecular weight is 206 g/mol. The van der Waals surface area contributed by atoms with Gasteiger partial charge in [-0.05, 0) is 24.3 Å². The Bertz CT molecular complexity index is 315. The summed E-state index contributed by atoms with van der Waals surface area (Å²) in [5.74, 6) is -0.463. The molecule has 1 N–H and O–H groups in total. The minimum atomic E-state index is -4.45. The highest BCUT2D eigenvalue weighted by atomic mass is 19.4. The Labute approximate surface area is 77.2 Å². The summed E-state index contributed by atoms with van der Waals surface area (Å²) < 4.78 is 47.1. The van der Waals surface area contributed by atoms with Crippen LogP contribution in [0.15, 0.2) is 29.4 Å². The van der Waals surface area contributed by atoms with Gasteiger partial charge in [0.2, 0.25) is 0 Å². The lowest BCUT2D eigenvalue weighted by molar-refractivity contribution is -0.0536. The van der Waals surface area contributed by atoms with Gasteiger partial charge < -0.3 is 0 Å². The fourth-order valence-corrected chi connectivity index (χ4v) is 0.704. The number of hydrogen-bond acceptors (Lipinski definition) is 2.